The van der Waals surface area contributed by atoms with E-state index in [2.05, 4.69) is 29.2 Å². The highest BCUT2D eigenvalue weighted by Gasteiger charge is 2.19. The smallest absolute Gasteiger partial charge is 0.337 e. The lowest BCUT2D eigenvalue weighted by Gasteiger charge is -2.24. The number of carboxylic acid groups (broad SMARTS) is 1. The van der Waals surface area contributed by atoms with Crippen molar-refractivity contribution in [1.82, 2.24) is 0 Å². The van der Waals surface area contributed by atoms with Gasteiger partial charge in [0.15, 0.2) is 0 Å². The average molecular weight is 302 g/mol. The summed E-state index contributed by atoms with van der Waals surface area (Å²) in [5.41, 5.74) is 3.73. The summed E-state index contributed by atoms with van der Waals surface area (Å²) in [4.78, 5) is 13.6. The SMILES string of the molecule is O=C(O)c1cc(Cl)ccc1N1CCc2ccccc2CC1. The zero-order valence-corrected chi connectivity index (χ0v) is 12.3. The zero-order chi connectivity index (χ0) is 14.8. The Bertz CT molecular complexity index is 657. The Morgan fingerprint density at radius 1 is 1.05 bits per heavy atom. The summed E-state index contributed by atoms with van der Waals surface area (Å²) in [6.07, 6.45) is 1.86. The predicted molar refractivity (Wildman–Crippen MR) is 84.5 cm³/mol. The second-order valence-electron chi connectivity index (χ2n) is 5.22. The summed E-state index contributed by atoms with van der Waals surface area (Å²) in [6, 6.07) is 13.5. The summed E-state index contributed by atoms with van der Waals surface area (Å²) >= 11 is 5.92. The Kier molecular flexibility index (Phi) is 3.84. The normalized spacial score (nSPS) is 14.4. The minimum Gasteiger partial charge on any atom is -0.478 e. The summed E-state index contributed by atoms with van der Waals surface area (Å²) in [6.45, 7) is 1.64. The predicted octanol–water partition coefficient (Wildman–Crippen LogP) is 3.64. The molecule has 3 rings (SSSR count). The van der Waals surface area contributed by atoms with Gasteiger partial charge in [-0.1, -0.05) is 35.9 Å². The molecule has 0 aromatic heterocycles. The van der Waals surface area contributed by atoms with Gasteiger partial charge >= 0.3 is 5.97 Å². The van der Waals surface area contributed by atoms with Gasteiger partial charge in [-0.2, -0.15) is 0 Å². The maximum absolute atomic E-state index is 11.4. The highest BCUT2D eigenvalue weighted by atomic mass is 35.5. The van der Waals surface area contributed by atoms with E-state index in [0.717, 1.165) is 31.6 Å². The Morgan fingerprint density at radius 2 is 1.67 bits per heavy atom. The Balaban J connectivity index is 1.91. The van der Waals surface area contributed by atoms with Crippen LogP contribution >= 0.6 is 11.6 Å². The number of hydrogen-bond acceptors (Lipinski definition) is 2. The first-order valence-electron chi connectivity index (χ1n) is 7.00. The number of anilines is 1. The third-order valence-electron chi connectivity index (χ3n) is 3.95. The number of aromatic carboxylic acids is 1. The molecule has 3 nitrogen and oxygen atoms in total. The van der Waals surface area contributed by atoms with Crippen LogP contribution in [0.1, 0.15) is 21.5 Å². The number of fused-ring (bicyclic) bond motifs is 1. The standard InChI is InChI=1S/C17H16ClNO2/c18-14-5-6-16(15(11-14)17(20)21)19-9-7-12-3-1-2-4-13(12)8-10-19/h1-6,11H,7-10H2,(H,20,21). The van der Waals surface area contributed by atoms with Crippen LogP contribution in [0.4, 0.5) is 5.69 Å². The molecule has 0 saturated heterocycles. The van der Waals surface area contributed by atoms with Crippen molar-refractivity contribution in [3.63, 3.8) is 0 Å². The van der Waals surface area contributed by atoms with Crippen LogP contribution < -0.4 is 4.90 Å². The number of carbonyl (C=O) groups is 1. The van der Waals surface area contributed by atoms with Gasteiger partial charge < -0.3 is 10.0 Å². The van der Waals surface area contributed by atoms with Gasteiger partial charge in [0.1, 0.15) is 0 Å². The number of carboxylic acids is 1. The van der Waals surface area contributed by atoms with Gasteiger partial charge in [-0.25, -0.2) is 4.79 Å². The summed E-state index contributed by atoms with van der Waals surface area (Å²) < 4.78 is 0. The van der Waals surface area contributed by atoms with Crippen LogP contribution in [0.3, 0.4) is 0 Å². The monoisotopic (exact) mass is 301 g/mol. The molecule has 0 spiro atoms. The molecule has 1 heterocycles. The second-order valence-corrected chi connectivity index (χ2v) is 5.66. The Hall–Kier alpha value is -2.00. The first kappa shape index (κ1) is 14.0. The third kappa shape index (κ3) is 2.88. The first-order chi connectivity index (χ1) is 10.1. The molecule has 0 aliphatic carbocycles. The van der Waals surface area contributed by atoms with E-state index < -0.39 is 5.97 Å². The fourth-order valence-corrected chi connectivity index (χ4v) is 3.04. The summed E-state index contributed by atoms with van der Waals surface area (Å²) in [7, 11) is 0. The maximum Gasteiger partial charge on any atom is 0.337 e. The quantitative estimate of drug-likeness (QED) is 0.920. The number of halogens is 1. The van der Waals surface area contributed by atoms with Crippen molar-refractivity contribution in [3.05, 3.63) is 64.2 Å². The van der Waals surface area contributed by atoms with Gasteiger partial charge in [-0.05, 0) is 42.2 Å². The average Bonchev–Trinajstić information content (AvgIpc) is 2.70. The third-order valence-corrected chi connectivity index (χ3v) is 4.19. The van der Waals surface area contributed by atoms with E-state index in [1.807, 2.05) is 6.07 Å². The highest BCUT2D eigenvalue weighted by molar-refractivity contribution is 6.31. The fourth-order valence-electron chi connectivity index (χ4n) is 2.86. The van der Waals surface area contributed by atoms with Crippen molar-refractivity contribution >= 4 is 23.3 Å². The van der Waals surface area contributed by atoms with Crippen molar-refractivity contribution in [2.75, 3.05) is 18.0 Å². The molecular weight excluding hydrogens is 286 g/mol. The van der Waals surface area contributed by atoms with Crippen molar-refractivity contribution in [3.8, 4) is 0 Å². The summed E-state index contributed by atoms with van der Waals surface area (Å²) in [5.74, 6) is -0.936. The number of rotatable bonds is 2. The van der Waals surface area contributed by atoms with Gasteiger partial charge in [0.25, 0.3) is 0 Å². The fraction of sp³-hybridized carbons (Fsp3) is 0.235. The summed E-state index contributed by atoms with van der Waals surface area (Å²) in [5, 5.41) is 9.83. The van der Waals surface area contributed by atoms with E-state index in [4.69, 9.17) is 11.6 Å². The lowest BCUT2D eigenvalue weighted by atomic mass is 10.0. The number of hydrogen-bond donors (Lipinski definition) is 1. The van der Waals surface area contributed by atoms with Gasteiger partial charge in [-0.3, -0.25) is 0 Å². The molecule has 108 valence electrons. The molecule has 4 heteroatoms. The Morgan fingerprint density at radius 3 is 2.24 bits per heavy atom. The lowest BCUT2D eigenvalue weighted by Crippen LogP contribution is -2.27. The van der Waals surface area contributed by atoms with Crippen LogP contribution in [0.25, 0.3) is 0 Å². The molecule has 21 heavy (non-hydrogen) atoms. The van der Waals surface area contributed by atoms with E-state index >= 15 is 0 Å². The molecule has 1 N–H and O–H groups in total. The van der Waals surface area contributed by atoms with Crippen LogP contribution in [0.2, 0.25) is 5.02 Å². The molecule has 0 unspecified atom stereocenters. The largest absolute Gasteiger partial charge is 0.478 e. The van der Waals surface area contributed by atoms with E-state index in [1.54, 1.807) is 6.07 Å². The van der Waals surface area contributed by atoms with E-state index in [0.29, 0.717) is 5.02 Å². The molecule has 0 amide bonds. The molecule has 0 atom stereocenters. The van der Waals surface area contributed by atoms with Crippen molar-refractivity contribution < 1.29 is 9.90 Å². The van der Waals surface area contributed by atoms with Crippen LogP contribution in [0.15, 0.2) is 42.5 Å². The number of nitrogens with zero attached hydrogens (tertiary/aromatic N) is 1. The minimum atomic E-state index is -0.936. The topological polar surface area (TPSA) is 40.5 Å². The second kappa shape index (κ2) is 5.78. The van der Waals surface area contributed by atoms with Gasteiger partial charge in [0, 0.05) is 18.1 Å². The van der Waals surface area contributed by atoms with Crippen LogP contribution in [0.5, 0.6) is 0 Å². The first-order valence-corrected chi connectivity index (χ1v) is 7.37. The van der Waals surface area contributed by atoms with Crippen LogP contribution in [-0.2, 0) is 12.8 Å². The molecular formula is C17H16ClNO2. The maximum atomic E-state index is 11.4. The highest BCUT2D eigenvalue weighted by Crippen LogP contribution is 2.27. The van der Waals surface area contributed by atoms with Crippen molar-refractivity contribution in [2.24, 2.45) is 0 Å². The van der Waals surface area contributed by atoms with Gasteiger partial charge in [0.2, 0.25) is 0 Å². The van der Waals surface area contributed by atoms with Crippen LogP contribution in [0, 0.1) is 0 Å². The van der Waals surface area contributed by atoms with Gasteiger partial charge in [-0.15, -0.1) is 0 Å². The molecule has 0 radical (unpaired) electrons. The molecule has 0 bridgehead atoms. The zero-order valence-electron chi connectivity index (χ0n) is 11.6. The molecule has 2 aromatic carbocycles. The molecule has 0 saturated carbocycles. The van der Waals surface area contributed by atoms with E-state index in [1.165, 1.54) is 17.2 Å². The van der Waals surface area contributed by atoms with E-state index in [9.17, 15) is 9.90 Å². The molecule has 0 fully saturated rings. The molecule has 1 aliphatic rings. The Labute approximate surface area is 128 Å². The van der Waals surface area contributed by atoms with Crippen LogP contribution in [-0.4, -0.2) is 24.2 Å². The minimum absolute atomic E-state index is 0.272. The molecule has 2 aromatic rings. The van der Waals surface area contributed by atoms with E-state index in [-0.39, 0.29) is 5.56 Å². The van der Waals surface area contributed by atoms with Crippen molar-refractivity contribution in [1.29, 1.82) is 0 Å². The number of benzene rings is 2. The van der Waals surface area contributed by atoms with Crippen molar-refractivity contribution in [2.45, 2.75) is 12.8 Å². The lowest BCUT2D eigenvalue weighted by molar-refractivity contribution is 0.0697. The van der Waals surface area contributed by atoms with Gasteiger partial charge in [0.05, 0.1) is 11.3 Å². The molecule has 1 aliphatic heterocycles.